The van der Waals surface area contributed by atoms with Crippen molar-refractivity contribution in [3.63, 3.8) is 0 Å². The number of imidazole rings is 1. The number of rotatable bonds is 3. The lowest BCUT2D eigenvalue weighted by Gasteiger charge is -2.18. The molecule has 0 atom stereocenters. The molecule has 0 aliphatic rings. The first kappa shape index (κ1) is 9.57. The molecule has 1 heterocycles. The van der Waals surface area contributed by atoms with Crippen LogP contribution in [0.3, 0.4) is 0 Å². The predicted octanol–water partition coefficient (Wildman–Crippen LogP) is 0.576. The standard InChI is InChI=1S/C8H13N3O2/c1-8(2,7(12)13)4-11-3-6(9)10-5-11/h3,5H,4,9H2,1-2H3,(H,12,13). The first-order valence-corrected chi connectivity index (χ1v) is 3.92. The second kappa shape index (κ2) is 3.08. The van der Waals surface area contributed by atoms with Crippen molar-refractivity contribution < 1.29 is 9.90 Å². The van der Waals surface area contributed by atoms with Crippen LogP contribution < -0.4 is 5.73 Å². The number of aromatic nitrogens is 2. The van der Waals surface area contributed by atoms with Crippen LogP contribution >= 0.6 is 0 Å². The van der Waals surface area contributed by atoms with Crippen molar-refractivity contribution >= 4 is 11.8 Å². The van der Waals surface area contributed by atoms with Gasteiger partial charge in [0.05, 0.1) is 11.7 Å². The van der Waals surface area contributed by atoms with Crippen LogP contribution in [0.2, 0.25) is 0 Å². The normalized spacial score (nSPS) is 11.5. The van der Waals surface area contributed by atoms with Crippen molar-refractivity contribution in [2.75, 3.05) is 5.73 Å². The van der Waals surface area contributed by atoms with Crippen LogP contribution in [0.15, 0.2) is 12.5 Å². The Kier molecular flexibility index (Phi) is 2.27. The van der Waals surface area contributed by atoms with Gasteiger partial charge in [0.15, 0.2) is 0 Å². The largest absolute Gasteiger partial charge is 0.481 e. The average Bonchev–Trinajstić information content (AvgIpc) is 2.34. The number of carboxylic acid groups (broad SMARTS) is 1. The van der Waals surface area contributed by atoms with Gasteiger partial charge in [-0.3, -0.25) is 4.79 Å². The Bertz CT molecular complexity index is 317. The van der Waals surface area contributed by atoms with E-state index in [0.29, 0.717) is 12.4 Å². The zero-order valence-electron chi connectivity index (χ0n) is 7.69. The van der Waals surface area contributed by atoms with E-state index in [1.807, 2.05) is 0 Å². The minimum atomic E-state index is -0.834. The SMILES string of the molecule is CC(C)(Cn1cnc(N)c1)C(=O)O. The molecule has 0 aliphatic carbocycles. The minimum absolute atomic E-state index is 0.368. The van der Waals surface area contributed by atoms with E-state index in [0.717, 1.165) is 0 Å². The van der Waals surface area contributed by atoms with Gasteiger partial charge < -0.3 is 15.4 Å². The van der Waals surface area contributed by atoms with Gasteiger partial charge in [-0.25, -0.2) is 4.98 Å². The first-order valence-electron chi connectivity index (χ1n) is 3.92. The molecule has 0 saturated carbocycles. The van der Waals surface area contributed by atoms with Gasteiger partial charge in [0.2, 0.25) is 0 Å². The van der Waals surface area contributed by atoms with E-state index in [1.54, 1.807) is 24.6 Å². The Morgan fingerprint density at radius 3 is 2.77 bits per heavy atom. The van der Waals surface area contributed by atoms with Crippen LogP contribution in [-0.2, 0) is 11.3 Å². The summed E-state index contributed by atoms with van der Waals surface area (Å²) in [6.07, 6.45) is 3.14. The molecule has 0 spiro atoms. The van der Waals surface area contributed by atoms with E-state index in [4.69, 9.17) is 10.8 Å². The van der Waals surface area contributed by atoms with Crippen LogP contribution in [0.4, 0.5) is 5.82 Å². The number of hydrogen-bond acceptors (Lipinski definition) is 3. The molecule has 0 unspecified atom stereocenters. The minimum Gasteiger partial charge on any atom is -0.481 e. The predicted molar refractivity (Wildman–Crippen MR) is 48.1 cm³/mol. The fourth-order valence-corrected chi connectivity index (χ4v) is 0.988. The van der Waals surface area contributed by atoms with Crippen molar-refractivity contribution in [2.24, 2.45) is 5.41 Å². The Balaban J connectivity index is 2.74. The van der Waals surface area contributed by atoms with Crippen molar-refractivity contribution in [3.05, 3.63) is 12.5 Å². The second-order valence-electron chi connectivity index (χ2n) is 3.66. The zero-order chi connectivity index (χ0) is 10.1. The van der Waals surface area contributed by atoms with Gasteiger partial charge in [-0.2, -0.15) is 0 Å². The fourth-order valence-electron chi connectivity index (χ4n) is 0.988. The zero-order valence-corrected chi connectivity index (χ0v) is 7.69. The summed E-state index contributed by atoms with van der Waals surface area (Å²) in [5.74, 6) is -0.430. The first-order chi connectivity index (χ1) is 5.92. The third kappa shape index (κ3) is 2.21. The lowest BCUT2D eigenvalue weighted by atomic mass is 9.94. The quantitative estimate of drug-likeness (QED) is 0.718. The maximum Gasteiger partial charge on any atom is 0.310 e. The molecule has 0 saturated heterocycles. The van der Waals surface area contributed by atoms with Crippen LogP contribution in [-0.4, -0.2) is 20.6 Å². The van der Waals surface area contributed by atoms with E-state index in [9.17, 15) is 4.79 Å². The average molecular weight is 183 g/mol. The van der Waals surface area contributed by atoms with Crippen LogP contribution in [0.5, 0.6) is 0 Å². The Hall–Kier alpha value is -1.52. The summed E-state index contributed by atoms with van der Waals surface area (Å²) in [6, 6.07) is 0. The molecule has 5 nitrogen and oxygen atoms in total. The van der Waals surface area contributed by atoms with Gasteiger partial charge in [-0.1, -0.05) is 0 Å². The maximum absolute atomic E-state index is 10.8. The summed E-state index contributed by atoms with van der Waals surface area (Å²) in [5.41, 5.74) is 4.60. The number of anilines is 1. The Labute approximate surface area is 76.2 Å². The topological polar surface area (TPSA) is 81.1 Å². The van der Waals surface area contributed by atoms with Gasteiger partial charge in [-0.15, -0.1) is 0 Å². The number of hydrogen-bond donors (Lipinski definition) is 2. The summed E-state index contributed by atoms with van der Waals surface area (Å²) in [7, 11) is 0. The highest BCUT2D eigenvalue weighted by Crippen LogP contribution is 2.18. The number of carboxylic acids is 1. The molecule has 0 amide bonds. The Morgan fingerprint density at radius 2 is 2.38 bits per heavy atom. The molecule has 0 aromatic carbocycles. The van der Waals surface area contributed by atoms with Crippen molar-refractivity contribution in [3.8, 4) is 0 Å². The van der Waals surface area contributed by atoms with Crippen LogP contribution in [0.25, 0.3) is 0 Å². The molecule has 0 bridgehead atoms. The van der Waals surface area contributed by atoms with E-state index in [-0.39, 0.29) is 0 Å². The summed E-state index contributed by atoms with van der Waals surface area (Å²) in [4.78, 5) is 14.6. The smallest absolute Gasteiger partial charge is 0.310 e. The highest BCUT2D eigenvalue weighted by molar-refractivity contribution is 5.73. The fraction of sp³-hybridized carbons (Fsp3) is 0.500. The number of carbonyl (C=O) groups is 1. The van der Waals surface area contributed by atoms with E-state index in [1.165, 1.54) is 6.33 Å². The summed E-state index contributed by atoms with van der Waals surface area (Å²) in [6.45, 7) is 3.68. The molecule has 13 heavy (non-hydrogen) atoms. The molecule has 1 aromatic heterocycles. The maximum atomic E-state index is 10.8. The third-order valence-corrected chi connectivity index (χ3v) is 1.81. The van der Waals surface area contributed by atoms with Gasteiger partial charge in [0.25, 0.3) is 0 Å². The molecule has 3 N–H and O–H groups in total. The van der Waals surface area contributed by atoms with Crippen molar-refractivity contribution in [1.29, 1.82) is 0 Å². The van der Waals surface area contributed by atoms with Crippen molar-refractivity contribution in [1.82, 2.24) is 9.55 Å². The molecule has 72 valence electrons. The summed E-state index contributed by atoms with van der Waals surface area (Å²) >= 11 is 0. The Morgan fingerprint density at radius 1 is 1.77 bits per heavy atom. The third-order valence-electron chi connectivity index (χ3n) is 1.81. The monoisotopic (exact) mass is 183 g/mol. The van der Waals surface area contributed by atoms with Gasteiger partial charge in [-0.05, 0) is 13.8 Å². The molecule has 5 heteroatoms. The number of nitrogen functional groups attached to an aromatic ring is 1. The number of nitrogens with zero attached hydrogens (tertiary/aromatic N) is 2. The highest BCUT2D eigenvalue weighted by Gasteiger charge is 2.27. The van der Waals surface area contributed by atoms with Crippen LogP contribution in [0, 0.1) is 5.41 Å². The molecular formula is C8H13N3O2. The lowest BCUT2D eigenvalue weighted by molar-refractivity contribution is -0.147. The molecular weight excluding hydrogens is 170 g/mol. The van der Waals surface area contributed by atoms with E-state index in [2.05, 4.69) is 4.98 Å². The van der Waals surface area contributed by atoms with Gasteiger partial charge >= 0.3 is 5.97 Å². The summed E-state index contributed by atoms with van der Waals surface area (Å²) in [5, 5.41) is 8.84. The molecule has 0 aliphatic heterocycles. The highest BCUT2D eigenvalue weighted by atomic mass is 16.4. The van der Waals surface area contributed by atoms with Crippen LogP contribution in [0.1, 0.15) is 13.8 Å². The molecule has 0 radical (unpaired) electrons. The lowest BCUT2D eigenvalue weighted by Crippen LogP contribution is -2.28. The second-order valence-corrected chi connectivity index (χ2v) is 3.66. The van der Waals surface area contributed by atoms with E-state index >= 15 is 0 Å². The van der Waals surface area contributed by atoms with E-state index < -0.39 is 11.4 Å². The summed E-state index contributed by atoms with van der Waals surface area (Å²) < 4.78 is 1.67. The number of nitrogens with two attached hydrogens (primary N) is 1. The van der Waals surface area contributed by atoms with Crippen molar-refractivity contribution in [2.45, 2.75) is 20.4 Å². The number of aliphatic carboxylic acids is 1. The van der Waals surface area contributed by atoms with Gasteiger partial charge in [0.1, 0.15) is 5.82 Å². The molecule has 1 aromatic rings. The van der Waals surface area contributed by atoms with Gasteiger partial charge in [0, 0.05) is 12.7 Å². The molecule has 1 rings (SSSR count). The molecule has 0 fully saturated rings.